The normalized spacial score (nSPS) is 15.3. The van der Waals surface area contributed by atoms with Gasteiger partial charge in [-0.25, -0.2) is 4.79 Å². The molecule has 0 bridgehead atoms. The zero-order chi connectivity index (χ0) is 19.1. The minimum Gasteiger partial charge on any atom is -0.496 e. The average Bonchev–Trinajstić information content (AvgIpc) is 2.93. The quantitative estimate of drug-likeness (QED) is 0.780. The average molecular weight is 432 g/mol. The molecule has 0 atom stereocenters. The molecule has 0 aromatic heterocycles. The van der Waals surface area contributed by atoms with Crippen LogP contribution in [0.5, 0.6) is 5.75 Å². The van der Waals surface area contributed by atoms with E-state index < -0.39 is 0 Å². The largest absolute Gasteiger partial charge is 0.496 e. The number of methoxy groups -OCH3 is 1. The summed E-state index contributed by atoms with van der Waals surface area (Å²) in [6, 6.07) is 16.3. The fourth-order valence-electron chi connectivity index (χ4n) is 3.34. The monoisotopic (exact) mass is 431 g/mol. The summed E-state index contributed by atoms with van der Waals surface area (Å²) in [6.07, 6.45) is 0.987. The predicted octanol–water partition coefficient (Wildman–Crippen LogP) is 3.88. The second-order valence-corrected chi connectivity index (χ2v) is 7.63. The molecule has 144 valence electrons. The summed E-state index contributed by atoms with van der Waals surface area (Å²) in [7, 11) is 1.64. The number of benzene rings is 2. The Morgan fingerprint density at radius 3 is 2.70 bits per heavy atom. The Labute approximate surface area is 169 Å². The fraction of sp³-hybridized carbons (Fsp3) is 0.381. The van der Waals surface area contributed by atoms with Gasteiger partial charge in [0.2, 0.25) is 0 Å². The van der Waals surface area contributed by atoms with Gasteiger partial charge in [-0.1, -0.05) is 46.3 Å². The zero-order valence-corrected chi connectivity index (χ0v) is 17.2. The van der Waals surface area contributed by atoms with E-state index in [-0.39, 0.29) is 6.03 Å². The molecule has 2 aromatic rings. The molecule has 27 heavy (non-hydrogen) atoms. The molecule has 0 radical (unpaired) electrons. The van der Waals surface area contributed by atoms with Crippen molar-refractivity contribution in [1.29, 1.82) is 0 Å². The third-order valence-electron chi connectivity index (χ3n) is 4.80. The molecule has 1 heterocycles. The maximum atomic E-state index is 12.6. The van der Waals surface area contributed by atoms with Crippen molar-refractivity contribution in [2.24, 2.45) is 0 Å². The first-order valence-electron chi connectivity index (χ1n) is 9.27. The van der Waals surface area contributed by atoms with Gasteiger partial charge < -0.3 is 15.0 Å². The molecule has 1 aliphatic rings. The molecule has 0 spiro atoms. The van der Waals surface area contributed by atoms with Gasteiger partial charge in [0.05, 0.1) is 7.11 Å². The number of nitrogens with zero attached hydrogens (tertiary/aromatic N) is 2. The van der Waals surface area contributed by atoms with E-state index in [2.05, 4.69) is 50.4 Å². The zero-order valence-electron chi connectivity index (χ0n) is 15.7. The standard InChI is InChI=1S/C21H26BrN3O2/c1-27-20-9-8-19(22)14-18(20)15-23-21(26)25-11-5-10-24(12-13-25)16-17-6-3-2-4-7-17/h2-4,6-9,14H,5,10-13,15-16H2,1H3,(H,23,26). The number of rotatable bonds is 5. The van der Waals surface area contributed by atoms with Crippen molar-refractivity contribution in [2.75, 3.05) is 33.3 Å². The van der Waals surface area contributed by atoms with Crippen molar-refractivity contribution >= 4 is 22.0 Å². The maximum absolute atomic E-state index is 12.6. The van der Waals surface area contributed by atoms with Crippen LogP contribution in [-0.2, 0) is 13.1 Å². The van der Waals surface area contributed by atoms with Gasteiger partial charge in [-0.3, -0.25) is 4.90 Å². The number of halogens is 1. The van der Waals surface area contributed by atoms with E-state index in [1.54, 1.807) is 7.11 Å². The van der Waals surface area contributed by atoms with E-state index in [0.29, 0.717) is 6.54 Å². The molecule has 0 saturated carbocycles. The summed E-state index contributed by atoms with van der Waals surface area (Å²) in [6.45, 7) is 4.82. The SMILES string of the molecule is COc1ccc(Br)cc1CNC(=O)N1CCCN(Cc2ccccc2)CC1. The molecule has 1 saturated heterocycles. The van der Waals surface area contributed by atoms with Crippen LogP contribution < -0.4 is 10.1 Å². The molecule has 0 unspecified atom stereocenters. The number of hydrogen-bond donors (Lipinski definition) is 1. The predicted molar refractivity (Wildman–Crippen MR) is 111 cm³/mol. The van der Waals surface area contributed by atoms with Crippen molar-refractivity contribution in [3.8, 4) is 5.75 Å². The number of nitrogens with one attached hydrogen (secondary N) is 1. The lowest BCUT2D eigenvalue weighted by atomic mass is 10.2. The molecular formula is C21H26BrN3O2. The van der Waals surface area contributed by atoms with Crippen LogP contribution in [0.25, 0.3) is 0 Å². The first kappa shape index (κ1) is 19.7. The van der Waals surface area contributed by atoms with Gasteiger partial charge in [0.25, 0.3) is 0 Å². The van der Waals surface area contributed by atoms with Crippen LogP contribution in [0, 0.1) is 0 Å². The smallest absolute Gasteiger partial charge is 0.317 e. The Kier molecular flexibility index (Phi) is 7.12. The Bertz CT molecular complexity index is 754. The van der Waals surface area contributed by atoms with E-state index in [4.69, 9.17) is 4.74 Å². The van der Waals surface area contributed by atoms with Crippen LogP contribution in [0.2, 0.25) is 0 Å². The number of carbonyl (C=O) groups is 1. The van der Waals surface area contributed by atoms with Crippen LogP contribution in [0.3, 0.4) is 0 Å². The second-order valence-electron chi connectivity index (χ2n) is 6.72. The minimum atomic E-state index is -0.0152. The number of carbonyl (C=O) groups excluding carboxylic acids is 1. The van der Waals surface area contributed by atoms with Gasteiger partial charge in [-0.05, 0) is 30.2 Å². The number of hydrogen-bond acceptors (Lipinski definition) is 3. The lowest BCUT2D eigenvalue weighted by molar-refractivity contribution is 0.197. The summed E-state index contributed by atoms with van der Waals surface area (Å²) < 4.78 is 6.35. The minimum absolute atomic E-state index is 0.0152. The van der Waals surface area contributed by atoms with Crippen molar-refractivity contribution in [2.45, 2.75) is 19.5 Å². The highest BCUT2D eigenvalue weighted by Gasteiger charge is 2.19. The van der Waals surface area contributed by atoms with Gasteiger partial charge in [0, 0.05) is 49.3 Å². The summed E-state index contributed by atoms with van der Waals surface area (Å²) in [5.41, 5.74) is 2.28. The third-order valence-corrected chi connectivity index (χ3v) is 5.29. The summed E-state index contributed by atoms with van der Waals surface area (Å²) in [5, 5.41) is 3.03. The summed E-state index contributed by atoms with van der Waals surface area (Å²) in [5.74, 6) is 0.781. The second kappa shape index (κ2) is 9.76. The molecule has 0 aliphatic carbocycles. The molecular weight excluding hydrogens is 406 g/mol. The molecule has 1 N–H and O–H groups in total. The Morgan fingerprint density at radius 1 is 1.11 bits per heavy atom. The topological polar surface area (TPSA) is 44.8 Å². The first-order chi connectivity index (χ1) is 13.2. The number of amides is 2. The molecule has 6 heteroatoms. The maximum Gasteiger partial charge on any atom is 0.317 e. The van der Waals surface area contributed by atoms with Gasteiger partial charge in [0.1, 0.15) is 5.75 Å². The van der Waals surface area contributed by atoms with Crippen LogP contribution >= 0.6 is 15.9 Å². The van der Waals surface area contributed by atoms with Gasteiger partial charge in [0.15, 0.2) is 0 Å². The van der Waals surface area contributed by atoms with Crippen LogP contribution in [0.1, 0.15) is 17.5 Å². The Balaban J connectivity index is 1.51. The highest BCUT2D eigenvalue weighted by atomic mass is 79.9. The van der Waals surface area contributed by atoms with E-state index in [0.717, 1.165) is 54.9 Å². The van der Waals surface area contributed by atoms with Crippen molar-refractivity contribution in [3.05, 3.63) is 64.1 Å². The highest BCUT2D eigenvalue weighted by Crippen LogP contribution is 2.22. The van der Waals surface area contributed by atoms with Gasteiger partial charge in [-0.2, -0.15) is 0 Å². The van der Waals surface area contributed by atoms with Gasteiger partial charge in [-0.15, -0.1) is 0 Å². The van der Waals surface area contributed by atoms with Crippen molar-refractivity contribution in [1.82, 2.24) is 15.1 Å². The summed E-state index contributed by atoms with van der Waals surface area (Å²) in [4.78, 5) is 16.9. The van der Waals surface area contributed by atoms with E-state index in [1.807, 2.05) is 29.2 Å². The van der Waals surface area contributed by atoms with E-state index in [1.165, 1.54) is 5.56 Å². The molecule has 2 amide bonds. The lowest BCUT2D eigenvalue weighted by Crippen LogP contribution is -2.41. The lowest BCUT2D eigenvalue weighted by Gasteiger charge is -2.22. The Morgan fingerprint density at radius 2 is 1.93 bits per heavy atom. The van der Waals surface area contributed by atoms with E-state index in [9.17, 15) is 4.79 Å². The third kappa shape index (κ3) is 5.71. The van der Waals surface area contributed by atoms with Gasteiger partial charge >= 0.3 is 6.03 Å². The molecule has 3 rings (SSSR count). The molecule has 2 aromatic carbocycles. The first-order valence-corrected chi connectivity index (χ1v) is 10.1. The highest BCUT2D eigenvalue weighted by molar-refractivity contribution is 9.10. The van der Waals surface area contributed by atoms with Crippen LogP contribution in [-0.4, -0.2) is 49.1 Å². The van der Waals surface area contributed by atoms with Crippen LogP contribution in [0.4, 0.5) is 4.79 Å². The Hall–Kier alpha value is -2.05. The van der Waals surface area contributed by atoms with Crippen molar-refractivity contribution in [3.63, 3.8) is 0 Å². The van der Waals surface area contributed by atoms with Crippen molar-refractivity contribution < 1.29 is 9.53 Å². The summed E-state index contributed by atoms with van der Waals surface area (Å²) >= 11 is 3.47. The van der Waals surface area contributed by atoms with E-state index >= 15 is 0 Å². The molecule has 5 nitrogen and oxygen atoms in total. The number of ether oxygens (including phenoxy) is 1. The number of urea groups is 1. The molecule has 1 aliphatic heterocycles. The molecule has 1 fully saturated rings. The van der Waals surface area contributed by atoms with Crippen LogP contribution in [0.15, 0.2) is 53.0 Å². The fourth-order valence-corrected chi connectivity index (χ4v) is 3.75.